The summed E-state index contributed by atoms with van der Waals surface area (Å²) in [4.78, 5) is 31.9. The van der Waals surface area contributed by atoms with E-state index in [-0.39, 0.29) is 23.0 Å². The summed E-state index contributed by atoms with van der Waals surface area (Å²) in [5.41, 5.74) is 1.90. The summed E-state index contributed by atoms with van der Waals surface area (Å²) < 4.78 is 8.19. The minimum absolute atomic E-state index is 0.0762. The minimum atomic E-state index is -0.674. The number of carboxylic acid groups (broad SMARTS) is 1. The molecule has 3 aliphatic carbocycles. The predicted molar refractivity (Wildman–Crippen MR) is 133 cm³/mol. The van der Waals surface area contributed by atoms with E-state index in [9.17, 15) is 14.7 Å². The first kappa shape index (κ1) is 25.6. The SMILES string of the molecule is Cc1nc2c(c(=O)n1CCOC1CCC(Cl)CC1C1CCCC(C(=O)O)C1)C[C@@H](N(C)C)CC2. The van der Waals surface area contributed by atoms with Crippen LogP contribution in [0.15, 0.2) is 4.79 Å². The van der Waals surface area contributed by atoms with Crippen molar-refractivity contribution in [2.45, 2.75) is 95.2 Å². The number of ether oxygens (including phenoxy) is 1. The number of alkyl halides is 1. The molecule has 1 heterocycles. The minimum Gasteiger partial charge on any atom is -0.481 e. The molecular formula is C26H40ClN3O4. The number of carbonyl (C=O) groups is 1. The van der Waals surface area contributed by atoms with Gasteiger partial charge in [-0.3, -0.25) is 14.2 Å². The van der Waals surface area contributed by atoms with Crippen molar-refractivity contribution in [3.63, 3.8) is 0 Å². The molecule has 2 fully saturated rings. The molecule has 0 aliphatic heterocycles. The molecule has 2 saturated carbocycles. The smallest absolute Gasteiger partial charge is 0.306 e. The molecule has 0 saturated heterocycles. The first-order chi connectivity index (χ1) is 16.2. The second-order valence-corrected chi connectivity index (χ2v) is 11.5. The highest BCUT2D eigenvalue weighted by Gasteiger charge is 2.39. The number of carboxylic acids is 1. The largest absolute Gasteiger partial charge is 0.481 e. The van der Waals surface area contributed by atoms with Crippen LogP contribution in [0.5, 0.6) is 0 Å². The van der Waals surface area contributed by atoms with Gasteiger partial charge in [-0.05, 0) is 84.2 Å². The van der Waals surface area contributed by atoms with Crippen molar-refractivity contribution < 1.29 is 14.6 Å². The maximum atomic E-state index is 13.3. The number of aryl methyl sites for hydroxylation is 2. The molecule has 1 aromatic heterocycles. The number of hydrogen-bond donors (Lipinski definition) is 1. The number of nitrogens with zero attached hydrogens (tertiary/aromatic N) is 3. The first-order valence-electron chi connectivity index (χ1n) is 13.0. The van der Waals surface area contributed by atoms with Gasteiger partial charge in [0.1, 0.15) is 5.82 Å². The van der Waals surface area contributed by atoms with Crippen LogP contribution >= 0.6 is 11.6 Å². The van der Waals surface area contributed by atoms with Crippen LogP contribution in [0.3, 0.4) is 0 Å². The van der Waals surface area contributed by atoms with Gasteiger partial charge in [-0.2, -0.15) is 0 Å². The summed E-state index contributed by atoms with van der Waals surface area (Å²) >= 11 is 6.54. The van der Waals surface area contributed by atoms with Crippen LogP contribution in [-0.4, -0.2) is 63.8 Å². The van der Waals surface area contributed by atoms with Gasteiger partial charge in [0.05, 0.1) is 30.9 Å². The summed E-state index contributed by atoms with van der Waals surface area (Å²) in [6, 6.07) is 0.381. The predicted octanol–water partition coefficient (Wildman–Crippen LogP) is 3.65. The average molecular weight is 494 g/mol. The molecule has 7 nitrogen and oxygen atoms in total. The second kappa shape index (κ2) is 11.1. The Kier molecular flexibility index (Phi) is 8.36. The Morgan fingerprint density at radius 2 is 2.00 bits per heavy atom. The zero-order chi connectivity index (χ0) is 24.4. The van der Waals surface area contributed by atoms with Gasteiger partial charge >= 0.3 is 5.97 Å². The molecule has 1 aromatic rings. The van der Waals surface area contributed by atoms with E-state index >= 15 is 0 Å². The van der Waals surface area contributed by atoms with E-state index in [4.69, 9.17) is 21.3 Å². The van der Waals surface area contributed by atoms with Crippen LogP contribution in [0.4, 0.5) is 0 Å². The fraction of sp³-hybridized carbons (Fsp3) is 0.808. The van der Waals surface area contributed by atoms with E-state index in [2.05, 4.69) is 19.0 Å². The lowest BCUT2D eigenvalue weighted by atomic mass is 9.69. The Morgan fingerprint density at radius 3 is 2.74 bits per heavy atom. The van der Waals surface area contributed by atoms with E-state index in [0.29, 0.717) is 31.0 Å². The van der Waals surface area contributed by atoms with Gasteiger partial charge in [0.2, 0.25) is 0 Å². The van der Waals surface area contributed by atoms with Crippen molar-refractivity contribution in [2.24, 2.45) is 17.8 Å². The Morgan fingerprint density at radius 1 is 1.21 bits per heavy atom. The van der Waals surface area contributed by atoms with Gasteiger partial charge in [0, 0.05) is 17.0 Å². The maximum Gasteiger partial charge on any atom is 0.306 e. The van der Waals surface area contributed by atoms with E-state index in [0.717, 1.165) is 81.3 Å². The molecule has 0 spiro atoms. The van der Waals surface area contributed by atoms with Gasteiger partial charge in [-0.25, -0.2) is 4.98 Å². The normalized spacial score (nSPS) is 31.9. The van der Waals surface area contributed by atoms with Crippen LogP contribution < -0.4 is 5.56 Å². The highest BCUT2D eigenvalue weighted by molar-refractivity contribution is 6.20. The fourth-order valence-corrected chi connectivity index (χ4v) is 6.81. The highest BCUT2D eigenvalue weighted by Crippen LogP contribution is 2.42. The third-order valence-electron chi connectivity index (χ3n) is 8.51. The van der Waals surface area contributed by atoms with Crippen LogP contribution in [0.1, 0.15) is 68.4 Å². The maximum absolute atomic E-state index is 13.3. The number of aromatic nitrogens is 2. The molecular weight excluding hydrogens is 454 g/mol. The molecule has 34 heavy (non-hydrogen) atoms. The number of halogens is 1. The Labute approximate surface area is 207 Å². The van der Waals surface area contributed by atoms with Gasteiger partial charge in [-0.15, -0.1) is 11.6 Å². The molecule has 190 valence electrons. The molecule has 4 rings (SSSR count). The molecule has 0 bridgehead atoms. The quantitative estimate of drug-likeness (QED) is 0.583. The Bertz CT molecular complexity index is 933. The molecule has 0 amide bonds. The molecule has 3 aliphatic rings. The van der Waals surface area contributed by atoms with E-state index < -0.39 is 5.97 Å². The zero-order valence-corrected chi connectivity index (χ0v) is 21.6. The van der Waals surface area contributed by atoms with Crippen molar-refractivity contribution in [3.05, 3.63) is 27.4 Å². The van der Waals surface area contributed by atoms with Gasteiger partial charge < -0.3 is 14.7 Å². The monoisotopic (exact) mass is 493 g/mol. The summed E-state index contributed by atoms with van der Waals surface area (Å²) in [6.07, 6.45) is 8.93. The van der Waals surface area contributed by atoms with Crippen molar-refractivity contribution in [1.29, 1.82) is 0 Å². The number of hydrogen-bond acceptors (Lipinski definition) is 5. The molecule has 0 aromatic carbocycles. The fourth-order valence-electron chi connectivity index (χ4n) is 6.48. The van der Waals surface area contributed by atoms with Crippen LogP contribution in [-0.2, 0) is 28.9 Å². The number of fused-ring (bicyclic) bond motifs is 1. The summed E-state index contributed by atoms with van der Waals surface area (Å²) in [6.45, 7) is 2.87. The van der Waals surface area contributed by atoms with E-state index in [1.165, 1.54) is 0 Å². The Balaban J connectivity index is 1.42. The van der Waals surface area contributed by atoms with Gasteiger partial charge in [0.15, 0.2) is 0 Å². The molecule has 6 atom stereocenters. The van der Waals surface area contributed by atoms with Gasteiger partial charge in [0.25, 0.3) is 5.56 Å². The lowest BCUT2D eigenvalue weighted by Crippen LogP contribution is -2.41. The van der Waals surface area contributed by atoms with Crippen molar-refractivity contribution in [2.75, 3.05) is 20.7 Å². The topological polar surface area (TPSA) is 84.7 Å². The number of rotatable bonds is 7. The van der Waals surface area contributed by atoms with Crippen LogP contribution in [0.25, 0.3) is 0 Å². The van der Waals surface area contributed by atoms with E-state index in [1.807, 2.05) is 6.92 Å². The van der Waals surface area contributed by atoms with Gasteiger partial charge in [-0.1, -0.05) is 12.8 Å². The third kappa shape index (κ3) is 5.68. The van der Waals surface area contributed by atoms with Crippen LogP contribution in [0.2, 0.25) is 0 Å². The molecule has 0 radical (unpaired) electrons. The zero-order valence-electron chi connectivity index (χ0n) is 20.8. The second-order valence-electron chi connectivity index (χ2n) is 10.8. The molecule has 8 heteroatoms. The molecule has 5 unspecified atom stereocenters. The van der Waals surface area contributed by atoms with Crippen molar-refractivity contribution >= 4 is 17.6 Å². The standard InChI is InChI=1S/C26H40ClN3O4/c1-16-28-23-9-8-20(29(2)3)15-22(23)25(31)30(16)11-12-34-24-10-7-19(27)14-21(24)17-5-4-6-18(13-17)26(32)33/h17-21,24H,4-15H2,1-3H3,(H,32,33)/t17?,18?,19?,20-,21?,24?/m0/s1. The summed E-state index contributed by atoms with van der Waals surface area (Å²) in [5.74, 6) is 0.474. The van der Waals surface area contributed by atoms with Crippen molar-refractivity contribution in [1.82, 2.24) is 14.5 Å². The Hall–Kier alpha value is -1.44. The average Bonchev–Trinajstić information content (AvgIpc) is 2.81. The lowest BCUT2D eigenvalue weighted by molar-refractivity contribution is -0.144. The number of aliphatic carboxylic acids is 1. The lowest BCUT2D eigenvalue weighted by Gasteiger charge is -2.41. The third-order valence-corrected chi connectivity index (χ3v) is 8.91. The first-order valence-corrected chi connectivity index (χ1v) is 13.4. The van der Waals surface area contributed by atoms with Crippen molar-refractivity contribution in [3.8, 4) is 0 Å². The summed E-state index contributed by atoms with van der Waals surface area (Å²) in [5, 5.41) is 9.66. The van der Waals surface area contributed by atoms with Crippen LogP contribution in [0, 0.1) is 24.7 Å². The van der Waals surface area contributed by atoms with E-state index in [1.54, 1.807) is 4.57 Å². The molecule has 1 N–H and O–H groups in total. The summed E-state index contributed by atoms with van der Waals surface area (Å²) in [7, 11) is 4.14. The highest BCUT2D eigenvalue weighted by atomic mass is 35.5. The number of likely N-dealkylation sites (N-methyl/N-ethyl adjacent to an activating group) is 1.